The highest BCUT2D eigenvalue weighted by Gasteiger charge is 2.05. The molecule has 0 aliphatic rings. The maximum atomic E-state index is 5.49. The smallest absolute Gasteiger partial charge is 0.0962 e. The molecule has 1 rings (SSSR count). The Morgan fingerprint density at radius 1 is 1.22 bits per heavy atom. The zero-order chi connectivity index (χ0) is 13.2. The van der Waals surface area contributed by atoms with Crippen LogP contribution in [-0.2, 0) is 22.6 Å². The Morgan fingerprint density at radius 2 is 1.89 bits per heavy atom. The maximum absolute atomic E-state index is 5.49. The molecule has 7 heteroatoms. The lowest BCUT2D eigenvalue weighted by atomic mass is 10.4. The fraction of sp³-hybridized carbons (Fsp3) is 0.818. The van der Waals surface area contributed by atoms with Gasteiger partial charge in [-0.15, -0.1) is 5.10 Å². The number of rotatable bonds is 10. The van der Waals surface area contributed by atoms with Crippen molar-refractivity contribution in [2.24, 2.45) is 5.73 Å². The molecule has 0 spiro atoms. The molecule has 1 aromatic rings. The van der Waals surface area contributed by atoms with Crippen molar-refractivity contribution in [3.05, 3.63) is 11.9 Å². The predicted octanol–water partition coefficient (Wildman–Crippen LogP) is -0.668. The normalized spacial score (nSPS) is 11.3. The molecule has 0 aromatic carbocycles. The van der Waals surface area contributed by atoms with Crippen LogP contribution in [0.25, 0.3) is 0 Å². The van der Waals surface area contributed by atoms with E-state index in [-0.39, 0.29) is 0 Å². The summed E-state index contributed by atoms with van der Waals surface area (Å²) in [4.78, 5) is 2.27. The SMILES string of the molecule is COCCN(CCOC)CCn1cc(CN)nn1. The van der Waals surface area contributed by atoms with Gasteiger partial charge < -0.3 is 15.2 Å². The zero-order valence-electron chi connectivity index (χ0n) is 11.2. The van der Waals surface area contributed by atoms with Crippen LogP contribution in [0.4, 0.5) is 0 Å². The van der Waals surface area contributed by atoms with E-state index in [1.54, 1.807) is 14.2 Å². The maximum Gasteiger partial charge on any atom is 0.0962 e. The van der Waals surface area contributed by atoms with E-state index in [2.05, 4.69) is 15.2 Å². The second-order valence-corrected chi connectivity index (χ2v) is 4.00. The predicted molar refractivity (Wildman–Crippen MR) is 68.1 cm³/mol. The van der Waals surface area contributed by atoms with Crippen LogP contribution in [0.5, 0.6) is 0 Å². The van der Waals surface area contributed by atoms with Crippen LogP contribution in [0.1, 0.15) is 5.69 Å². The lowest BCUT2D eigenvalue weighted by Gasteiger charge is -2.21. The van der Waals surface area contributed by atoms with Crippen LogP contribution in [0, 0.1) is 0 Å². The molecule has 1 heterocycles. The fourth-order valence-electron chi connectivity index (χ4n) is 1.56. The quantitative estimate of drug-likeness (QED) is 0.599. The summed E-state index contributed by atoms with van der Waals surface area (Å²) in [5.41, 5.74) is 6.31. The Hall–Kier alpha value is -1.02. The Balaban J connectivity index is 2.34. The third-order valence-electron chi connectivity index (χ3n) is 2.66. The van der Waals surface area contributed by atoms with E-state index in [4.69, 9.17) is 15.2 Å². The summed E-state index contributed by atoms with van der Waals surface area (Å²) in [5, 5.41) is 7.97. The van der Waals surface area contributed by atoms with Crippen LogP contribution in [0.2, 0.25) is 0 Å². The molecule has 0 amide bonds. The average Bonchev–Trinajstić information content (AvgIpc) is 2.86. The molecule has 7 nitrogen and oxygen atoms in total. The average molecular weight is 257 g/mol. The summed E-state index contributed by atoms with van der Waals surface area (Å²) in [6, 6.07) is 0. The summed E-state index contributed by atoms with van der Waals surface area (Å²) < 4.78 is 12.0. The lowest BCUT2D eigenvalue weighted by Crippen LogP contribution is -2.33. The highest BCUT2D eigenvalue weighted by atomic mass is 16.5. The second-order valence-electron chi connectivity index (χ2n) is 4.00. The monoisotopic (exact) mass is 257 g/mol. The number of methoxy groups -OCH3 is 2. The molecule has 104 valence electrons. The number of nitrogens with two attached hydrogens (primary N) is 1. The summed E-state index contributed by atoms with van der Waals surface area (Å²) in [5.74, 6) is 0. The summed E-state index contributed by atoms with van der Waals surface area (Å²) in [7, 11) is 3.42. The Bertz CT molecular complexity index is 310. The van der Waals surface area contributed by atoms with Crippen LogP contribution >= 0.6 is 0 Å². The van der Waals surface area contributed by atoms with Gasteiger partial charge >= 0.3 is 0 Å². The molecular formula is C11H23N5O2. The van der Waals surface area contributed by atoms with E-state index in [0.717, 1.165) is 45.1 Å². The molecule has 2 N–H and O–H groups in total. The van der Waals surface area contributed by atoms with Gasteiger partial charge in [0, 0.05) is 46.6 Å². The first-order valence-corrected chi connectivity index (χ1v) is 6.09. The fourth-order valence-corrected chi connectivity index (χ4v) is 1.56. The summed E-state index contributed by atoms with van der Waals surface area (Å²) in [6.07, 6.45) is 1.88. The minimum atomic E-state index is 0.428. The van der Waals surface area contributed by atoms with Crippen molar-refractivity contribution in [2.45, 2.75) is 13.1 Å². The zero-order valence-corrected chi connectivity index (χ0v) is 11.2. The molecule has 0 fully saturated rings. The van der Waals surface area contributed by atoms with E-state index in [1.807, 2.05) is 10.9 Å². The van der Waals surface area contributed by atoms with E-state index in [9.17, 15) is 0 Å². The van der Waals surface area contributed by atoms with Crippen molar-refractivity contribution in [2.75, 3.05) is 47.1 Å². The van der Waals surface area contributed by atoms with E-state index in [0.29, 0.717) is 6.54 Å². The van der Waals surface area contributed by atoms with E-state index in [1.165, 1.54) is 0 Å². The first-order chi connectivity index (χ1) is 8.80. The first-order valence-electron chi connectivity index (χ1n) is 6.09. The number of ether oxygens (including phenoxy) is 2. The largest absolute Gasteiger partial charge is 0.383 e. The van der Waals surface area contributed by atoms with Gasteiger partial charge in [-0.25, -0.2) is 0 Å². The third-order valence-corrected chi connectivity index (χ3v) is 2.66. The lowest BCUT2D eigenvalue weighted by molar-refractivity contribution is 0.111. The summed E-state index contributed by atoms with van der Waals surface area (Å²) in [6.45, 7) is 5.32. The number of aromatic nitrogens is 3. The van der Waals surface area contributed by atoms with Gasteiger partial charge in [0.15, 0.2) is 0 Å². The van der Waals surface area contributed by atoms with Gasteiger partial charge in [0.05, 0.1) is 25.5 Å². The highest BCUT2D eigenvalue weighted by molar-refractivity contribution is 4.90. The van der Waals surface area contributed by atoms with Crippen LogP contribution in [-0.4, -0.2) is 67.0 Å². The number of hydrogen-bond acceptors (Lipinski definition) is 6. The topological polar surface area (TPSA) is 78.4 Å². The van der Waals surface area contributed by atoms with Gasteiger partial charge in [-0.1, -0.05) is 5.21 Å². The molecule has 0 aliphatic carbocycles. The van der Waals surface area contributed by atoms with Gasteiger partial charge in [-0.05, 0) is 0 Å². The Kier molecular flexibility index (Phi) is 7.51. The van der Waals surface area contributed by atoms with Crippen LogP contribution < -0.4 is 5.73 Å². The van der Waals surface area contributed by atoms with Gasteiger partial charge in [-0.3, -0.25) is 9.58 Å². The van der Waals surface area contributed by atoms with Gasteiger partial charge in [0.25, 0.3) is 0 Å². The molecule has 0 saturated carbocycles. The van der Waals surface area contributed by atoms with E-state index < -0.39 is 0 Å². The molecule has 18 heavy (non-hydrogen) atoms. The molecule has 1 aromatic heterocycles. The molecule has 0 radical (unpaired) electrons. The standard InChI is InChI=1S/C11H23N5O2/c1-17-7-5-15(6-8-18-2)3-4-16-10-11(9-12)13-14-16/h10H,3-9,12H2,1-2H3. The van der Waals surface area contributed by atoms with Crippen molar-refractivity contribution in [3.8, 4) is 0 Å². The van der Waals surface area contributed by atoms with Crippen molar-refractivity contribution in [1.82, 2.24) is 19.9 Å². The third kappa shape index (κ3) is 5.54. The molecule has 0 atom stereocenters. The molecule has 0 bridgehead atoms. The van der Waals surface area contributed by atoms with Crippen molar-refractivity contribution in [1.29, 1.82) is 0 Å². The van der Waals surface area contributed by atoms with E-state index >= 15 is 0 Å². The number of hydrogen-bond donors (Lipinski definition) is 1. The highest BCUT2D eigenvalue weighted by Crippen LogP contribution is 1.94. The van der Waals surface area contributed by atoms with Crippen LogP contribution in [0.3, 0.4) is 0 Å². The Morgan fingerprint density at radius 3 is 2.39 bits per heavy atom. The van der Waals surface area contributed by atoms with Crippen molar-refractivity contribution < 1.29 is 9.47 Å². The first kappa shape index (κ1) is 15.0. The minimum Gasteiger partial charge on any atom is -0.383 e. The van der Waals surface area contributed by atoms with Crippen molar-refractivity contribution in [3.63, 3.8) is 0 Å². The molecule has 0 unspecified atom stereocenters. The van der Waals surface area contributed by atoms with Crippen LogP contribution in [0.15, 0.2) is 6.20 Å². The second kappa shape index (κ2) is 8.98. The molecule has 0 saturated heterocycles. The van der Waals surface area contributed by atoms with Crippen molar-refractivity contribution >= 4 is 0 Å². The minimum absolute atomic E-state index is 0.428. The number of nitrogens with zero attached hydrogens (tertiary/aromatic N) is 4. The van der Waals surface area contributed by atoms with Gasteiger partial charge in [0.2, 0.25) is 0 Å². The molecular weight excluding hydrogens is 234 g/mol. The van der Waals surface area contributed by atoms with Gasteiger partial charge in [-0.2, -0.15) is 0 Å². The summed E-state index contributed by atoms with van der Waals surface area (Å²) >= 11 is 0. The molecule has 0 aliphatic heterocycles. The Labute approximate surface area is 108 Å². The van der Waals surface area contributed by atoms with Gasteiger partial charge in [0.1, 0.15) is 0 Å².